The Morgan fingerprint density at radius 3 is 2.40 bits per heavy atom. The van der Waals surface area contributed by atoms with Gasteiger partial charge in [-0.2, -0.15) is 0 Å². The summed E-state index contributed by atoms with van der Waals surface area (Å²) in [6.45, 7) is 8.65. The van der Waals surface area contributed by atoms with E-state index in [1.54, 1.807) is 0 Å². The number of nitrogens with zero attached hydrogens (tertiary/aromatic N) is 1. The quantitative estimate of drug-likeness (QED) is 0.705. The summed E-state index contributed by atoms with van der Waals surface area (Å²) in [6.07, 6.45) is 3.35. The normalized spacial score (nSPS) is 20.3. The minimum absolute atomic E-state index is 0.578. The van der Waals surface area contributed by atoms with E-state index in [-0.39, 0.29) is 0 Å². The molecule has 1 N–H and O–H groups in total. The summed E-state index contributed by atoms with van der Waals surface area (Å²) >= 11 is 0. The zero-order chi connectivity index (χ0) is 11.5. The van der Waals surface area contributed by atoms with Gasteiger partial charge in [-0.3, -0.25) is 4.79 Å². The van der Waals surface area contributed by atoms with Crippen LogP contribution in [0.5, 0.6) is 0 Å². The summed E-state index contributed by atoms with van der Waals surface area (Å²) in [5.41, 5.74) is -0.578. The average Bonchev–Trinajstić information content (AvgIpc) is 3.00. The van der Waals surface area contributed by atoms with Gasteiger partial charge in [0.15, 0.2) is 0 Å². The fourth-order valence-electron chi connectivity index (χ4n) is 1.80. The minimum atomic E-state index is -0.667. The van der Waals surface area contributed by atoms with Crippen LogP contribution in [0.1, 0.15) is 40.0 Å². The van der Waals surface area contributed by atoms with Gasteiger partial charge in [0.1, 0.15) is 0 Å². The molecular weight excluding hydrogens is 190 g/mol. The number of carbonyl (C=O) groups is 1. The van der Waals surface area contributed by atoms with Gasteiger partial charge in [0.05, 0.1) is 5.41 Å². The summed E-state index contributed by atoms with van der Waals surface area (Å²) in [4.78, 5) is 13.5. The summed E-state index contributed by atoms with van der Waals surface area (Å²) in [5, 5.41) is 9.20. The van der Waals surface area contributed by atoms with Gasteiger partial charge in [0.25, 0.3) is 0 Å². The highest BCUT2D eigenvalue weighted by atomic mass is 16.4. The highest BCUT2D eigenvalue weighted by Crippen LogP contribution is 2.31. The molecular formula is C12H23NO2. The van der Waals surface area contributed by atoms with E-state index in [9.17, 15) is 9.90 Å². The van der Waals surface area contributed by atoms with Gasteiger partial charge in [-0.05, 0) is 38.6 Å². The number of hydrogen-bond acceptors (Lipinski definition) is 2. The van der Waals surface area contributed by atoms with Gasteiger partial charge >= 0.3 is 5.97 Å². The van der Waals surface area contributed by atoms with Crippen molar-refractivity contribution in [2.24, 2.45) is 11.3 Å². The monoisotopic (exact) mass is 213 g/mol. The molecule has 1 rings (SSSR count). The third-order valence-electron chi connectivity index (χ3n) is 3.53. The van der Waals surface area contributed by atoms with E-state index in [2.05, 4.69) is 11.8 Å². The molecule has 0 aliphatic heterocycles. The van der Waals surface area contributed by atoms with Crippen LogP contribution in [0.3, 0.4) is 0 Å². The fraction of sp³-hybridized carbons (Fsp3) is 0.917. The number of hydrogen-bond donors (Lipinski definition) is 1. The van der Waals surface area contributed by atoms with Crippen LogP contribution in [0.15, 0.2) is 0 Å². The second-order valence-electron chi connectivity index (χ2n) is 4.99. The molecule has 3 nitrogen and oxygen atoms in total. The molecule has 0 radical (unpaired) electrons. The Labute approximate surface area is 92.5 Å². The first kappa shape index (κ1) is 12.5. The molecule has 0 saturated heterocycles. The minimum Gasteiger partial charge on any atom is -0.481 e. The van der Waals surface area contributed by atoms with Crippen molar-refractivity contribution < 1.29 is 9.90 Å². The Morgan fingerprint density at radius 2 is 2.07 bits per heavy atom. The predicted molar refractivity (Wildman–Crippen MR) is 60.9 cm³/mol. The zero-order valence-corrected chi connectivity index (χ0v) is 10.1. The molecule has 0 aromatic heterocycles. The van der Waals surface area contributed by atoms with Crippen molar-refractivity contribution in [2.75, 3.05) is 19.6 Å². The largest absolute Gasteiger partial charge is 0.481 e. The zero-order valence-electron chi connectivity index (χ0n) is 10.1. The van der Waals surface area contributed by atoms with Gasteiger partial charge in [-0.15, -0.1) is 0 Å². The van der Waals surface area contributed by atoms with E-state index in [1.807, 2.05) is 13.8 Å². The lowest BCUT2D eigenvalue weighted by Crippen LogP contribution is -2.41. The first-order valence-electron chi connectivity index (χ1n) is 5.97. The van der Waals surface area contributed by atoms with E-state index >= 15 is 0 Å². The lowest BCUT2D eigenvalue weighted by molar-refractivity contribution is -0.149. The van der Waals surface area contributed by atoms with Crippen LogP contribution in [0.4, 0.5) is 0 Å². The van der Waals surface area contributed by atoms with Crippen molar-refractivity contribution in [1.29, 1.82) is 0 Å². The summed E-state index contributed by atoms with van der Waals surface area (Å²) in [5.74, 6) is 0.166. The van der Waals surface area contributed by atoms with Gasteiger partial charge in [-0.1, -0.05) is 13.8 Å². The number of carboxylic acid groups (broad SMARTS) is 1. The van der Waals surface area contributed by atoms with Crippen molar-refractivity contribution >= 4 is 5.97 Å². The summed E-state index contributed by atoms with van der Waals surface area (Å²) in [7, 11) is 0. The van der Waals surface area contributed by atoms with Crippen LogP contribution < -0.4 is 0 Å². The Morgan fingerprint density at radius 1 is 1.47 bits per heavy atom. The topological polar surface area (TPSA) is 40.5 Å². The summed E-state index contributed by atoms with van der Waals surface area (Å²) < 4.78 is 0. The van der Waals surface area contributed by atoms with Crippen LogP contribution in [0.25, 0.3) is 0 Å². The SMILES string of the molecule is CCN(CC1CC1)CC(C)(CC)C(=O)O. The summed E-state index contributed by atoms with van der Waals surface area (Å²) in [6, 6.07) is 0. The number of carboxylic acids is 1. The first-order chi connectivity index (χ1) is 7.01. The molecule has 0 heterocycles. The van der Waals surface area contributed by atoms with Crippen molar-refractivity contribution in [3.05, 3.63) is 0 Å². The van der Waals surface area contributed by atoms with Crippen LogP contribution in [-0.4, -0.2) is 35.6 Å². The molecule has 88 valence electrons. The molecule has 0 amide bonds. The van der Waals surface area contributed by atoms with Crippen LogP contribution >= 0.6 is 0 Å². The fourth-order valence-corrected chi connectivity index (χ4v) is 1.80. The maximum absolute atomic E-state index is 11.2. The van der Waals surface area contributed by atoms with Gasteiger partial charge in [0, 0.05) is 13.1 Å². The molecule has 1 fully saturated rings. The van der Waals surface area contributed by atoms with E-state index in [1.165, 1.54) is 12.8 Å². The predicted octanol–water partition coefficient (Wildman–Crippen LogP) is 2.22. The lowest BCUT2D eigenvalue weighted by Gasteiger charge is -2.31. The number of aliphatic carboxylic acids is 1. The maximum Gasteiger partial charge on any atom is 0.310 e. The third kappa shape index (κ3) is 3.49. The lowest BCUT2D eigenvalue weighted by atomic mass is 9.87. The Kier molecular flexibility index (Phi) is 4.14. The molecule has 1 unspecified atom stereocenters. The maximum atomic E-state index is 11.2. The number of rotatable bonds is 7. The molecule has 3 heteroatoms. The van der Waals surface area contributed by atoms with Crippen molar-refractivity contribution in [3.63, 3.8) is 0 Å². The highest BCUT2D eigenvalue weighted by Gasteiger charge is 2.34. The van der Waals surface area contributed by atoms with Crippen LogP contribution in [0, 0.1) is 11.3 Å². The van der Waals surface area contributed by atoms with Crippen LogP contribution in [-0.2, 0) is 4.79 Å². The van der Waals surface area contributed by atoms with Gasteiger partial charge < -0.3 is 10.0 Å². The Hall–Kier alpha value is -0.570. The molecule has 1 aliphatic rings. The van der Waals surface area contributed by atoms with Crippen LogP contribution in [0.2, 0.25) is 0 Å². The average molecular weight is 213 g/mol. The first-order valence-corrected chi connectivity index (χ1v) is 5.97. The smallest absolute Gasteiger partial charge is 0.310 e. The molecule has 1 aliphatic carbocycles. The van der Waals surface area contributed by atoms with E-state index in [4.69, 9.17) is 0 Å². The Balaban J connectivity index is 2.49. The van der Waals surface area contributed by atoms with Crippen molar-refractivity contribution in [3.8, 4) is 0 Å². The second-order valence-corrected chi connectivity index (χ2v) is 4.99. The molecule has 1 saturated carbocycles. The van der Waals surface area contributed by atoms with Crippen molar-refractivity contribution in [1.82, 2.24) is 4.90 Å². The molecule has 0 aromatic rings. The third-order valence-corrected chi connectivity index (χ3v) is 3.53. The van der Waals surface area contributed by atoms with Gasteiger partial charge in [-0.25, -0.2) is 0 Å². The molecule has 0 aromatic carbocycles. The van der Waals surface area contributed by atoms with Gasteiger partial charge in [0.2, 0.25) is 0 Å². The standard InChI is InChI=1S/C12H23NO2/c1-4-12(3,11(14)15)9-13(5-2)8-10-6-7-10/h10H,4-9H2,1-3H3,(H,14,15). The second kappa shape index (κ2) is 4.97. The van der Waals surface area contributed by atoms with E-state index in [0.29, 0.717) is 13.0 Å². The highest BCUT2D eigenvalue weighted by molar-refractivity contribution is 5.74. The molecule has 15 heavy (non-hydrogen) atoms. The van der Waals surface area contributed by atoms with Crippen molar-refractivity contribution in [2.45, 2.75) is 40.0 Å². The van der Waals surface area contributed by atoms with E-state index < -0.39 is 11.4 Å². The molecule has 0 spiro atoms. The molecule has 0 bridgehead atoms. The molecule has 1 atom stereocenters. The van der Waals surface area contributed by atoms with E-state index in [0.717, 1.165) is 19.0 Å². The Bertz CT molecular complexity index is 226.